The molecule has 18 heavy (non-hydrogen) atoms. The van der Waals surface area contributed by atoms with Crippen LogP contribution in [0.5, 0.6) is 0 Å². The third-order valence-corrected chi connectivity index (χ3v) is 2.65. The number of hydrogen-bond donors (Lipinski definition) is 2. The molecule has 6 nitrogen and oxygen atoms in total. The lowest BCUT2D eigenvalue weighted by atomic mass is 10.1. The van der Waals surface area contributed by atoms with Gasteiger partial charge < -0.3 is 5.32 Å². The van der Waals surface area contributed by atoms with E-state index >= 15 is 0 Å². The van der Waals surface area contributed by atoms with Gasteiger partial charge in [0, 0.05) is 18.2 Å². The van der Waals surface area contributed by atoms with Crippen molar-refractivity contribution in [3.8, 4) is 11.3 Å². The Bertz CT molecular complexity index is 551. The van der Waals surface area contributed by atoms with E-state index < -0.39 is 0 Å². The highest BCUT2D eigenvalue weighted by molar-refractivity contribution is 5.72. The van der Waals surface area contributed by atoms with Crippen LogP contribution in [0, 0.1) is 10.1 Å². The van der Waals surface area contributed by atoms with Crippen molar-refractivity contribution in [2.75, 3.05) is 6.54 Å². The number of aromatic nitrogens is 2. The summed E-state index contributed by atoms with van der Waals surface area (Å²) in [5, 5.41) is 21.0. The highest BCUT2D eigenvalue weighted by Gasteiger charge is 2.17. The summed E-state index contributed by atoms with van der Waals surface area (Å²) in [5.74, 6) is 0. The third-order valence-electron chi connectivity index (χ3n) is 2.65. The van der Waals surface area contributed by atoms with Gasteiger partial charge in [0.05, 0.1) is 22.4 Å². The van der Waals surface area contributed by atoms with Gasteiger partial charge in [-0.15, -0.1) is 0 Å². The van der Waals surface area contributed by atoms with Crippen molar-refractivity contribution >= 4 is 5.69 Å². The average Bonchev–Trinajstić information content (AvgIpc) is 2.84. The molecule has 0 aliphatic carbocycles. The maximum absolute atomic E-state index is 11.0. The molecule has 0 unspecified atom stereocenters. The first-order valence-corrected chi connectivity index (χ1v) is 5.70. The molecule has 0 aliphatic rings. The second-order valence-electron chi connectivity index (χ2n) is 3.82. The van der Waals surface area contributed by atoms with Gasteiger partial charge in [0.1, 0.15) is 0 Å². The molecule has 0 atom stereocenters. The van der Waals surface area contributed by atoms with Crippen molar-refractivity contribution in [2.24, 2.45) is 0 Å². The van der Waals surface area contributed by atoms with E-state index in [1.807, 2.05) is 6.92 Å². The summed E-state index contributed by atoms with van der Waals surface area (Å²) in [7, 11) is 0. The summed E-state index contributed by atoms with van der Waals surface area (Å²) in [6.45, 7) is 3.47. The highest BCUT2D eigenvalue weighted by Crippen LogP contribution is 2.30. The monoisotopic (exact) mass is 246 g/mol. The molecule has 1 aromatic carbocycles. The van der Waals surface area contributed by atoms with E-state index in [1.54, 1.807) is 24.4 Å². The number of nitro groups is 1. The van der Waals surface area contributed by atoms with E-state index in [0.29, 0.717) is 17.8 Å². The molecule has 2 aromatic rings. The number of nitrogens with one attached hydrogen (secondary N) is 2. The molecule has 1 aromatic heterocycles. The Morgan fingerprint density at radius 1 is 1.44 bits per heavy atom. The lowest BCUT2D eigenvalue weighted by Crippen LogP contribution is -2.11. The van der Waals surface area contributed by atoms with E-state index in [1.165, 1.54) is 6.07 Å². The predicted octanol–water partition coefficient (Wildman–Crippen LogP) is 2.09. The van der Waals surface area contributed by atoms with Gasteiger partial charge >= 0.3 is 0 Å². The summed E-state index contributed by atoms with van der Waals surface area (Å²) in [6.07, 6.45) is 1.69. The molecule has 0 radical (unpaired) electrons. The number of para-hydroxylation sites is 1. The SMILES string of the molecule is CCNCc1cn[nH]c1-c1ccccc1[N+](=O)[O-]. The molecule has 0 bridgehead atoms. The quantitative estimate of drug-likeness (QED) is 0.625. The zero-order valence-electron chi connectivity index (χ0n) is 10.0. The lowest BCUT2D eigenvalue weighted by Gasteiger charge is -2.04. The van der Waals surface area contributed by atoms with Gasteiger partial charge in [0.25, 0.3) is 5.69 Å². The molecule has 2 rings (SSSR count). The number of rotatable bonds is 5. The smallest absolute Gasteiger partial charge is 0.278 e. The van der Waals surface area contributed by atoms with Crippen LogP contribution in [-0.4, -0.2) is 21.7 Å². The van der Waals surface area contributed by atoms with E-state index in [0.717, 1.165) is 12.1 Å². The largest absolute Gasteiger partial charge is 0.313 e. The van der Waals surface area contributed by atoms with Crippen LogP contribution >= 0.6 is 0 Å². The number of hydrogen-bond acceptors (Lipinski definition) is 4. The molecule has 0 spiro atoms. The first-order chi connectivity index (χ1) is 8.74. The molecule has 0 saturated heterocycles. The van der Waals surface area contributed by atoms with Crippen LogP contribution < -0.4 is 5.32 Å². The summed E-state index contributed by atoms with van der Waals surface area (Å²) in [4.78, 5) is 10.6. The van der Waals surface area contributed by atoms with Crippen LogP contribution in [0.1, 0.15) is 12.5 Å². The number of nitro benzene ring substituents is 1. The van der Waals surface area contributed by atoms with Crippen LogP contribution in [0.2, 0.25) is 0 Å². The normalized spacial score (nSPS) is 10.5. The maximum Gasteiger partial charge on any atom is 0.278 e. The molecular formula is C12H14N4O2. The Kier molecular flexibility index (Phi) is 3.69. The van der Waals surface area contributed by atoms with E-state index in [2.05, 4.69) is 15.5 Å². The summed E-state index contributed by atoms with van der Waals surface area (Å²) < 4.78 is 0. The van der Waals surface area contributed by atoms with Crippen molar-refractivity contribution in [1.82, 2.24) is 15.5 Å². The first kappa shape index (κ1) is 12.3. The molecule has 1 heterocycles. The van der Waals surface area contributed by atoms with E-state index in [-0.39, 0.29) is 10.6 Å². The zero-order chi connectivity index (χ0) is 13.0. The summed E-state index contributed by atoms with van der Waals surface area (Å²) in [5.41, 5.74) is 2.27. The van der Waals surface area contributed by atoms with E-state index in [9.17, 15) is 10.1 Å². The molecule has 0 aliphatic heterocycles. The maximum atomic E-state index is 11.0. The second kappa shape index (κ2) is 5.42. The van der Waals surface area contributed by atoms with Gasteiger partial charge in [-0.2, -0.15) is 5.10 Å². The van der Waals surface area contributed by atoms with E-state index in [4.69, 9.17) is 0 Å². The fourth-order valence-corrected chi connectivity index (χ4v) is 1.78. The highest BCUT2D eigenvalue weighted by atomic mass is 16.6. The van der Waals surface area contributed by atoms with Gasteiger partial charge in [-0.1, -0.05) is 19.1 Å². The number of benzene rings is 1. The van der Waals surface area contributed by atoms with Crippen LogP contribution in [-0.2, 0) is 6.54 Å². The minimum absolute atomic E-state index is 0.0829. The molecule has 2 N–H and O–H groups in total. The summed E-state index contributed by atoms with van der Waals surface area (Å²) in [6, 6.07) is 6.65. The number of aromatic amines is 1. The Morgan fingerprint density at radius 3 is 2.94 bits per heavy atom. The predicted molar refractivity (Wildman–Crippen MR) is 68.1 cm³/mol. The Hall–Kier alpha value is -2.21. The molecule has 6 heteroatoms. The van der Waals surface area contributed by atoms with Gasteiger partial charge in [0.2, 0.25) is 0 Å². The lowest BCUT2D eigenvalue weighted by molar-refractivity contribution is -0.384. The summed E-state index contributed by atoms with van der Waals surface area (Å²) >= 11 is 0. The average molecular weight is 246 g/mol. The van der Waals surface area contributed by atoms with Gasteiger partial charge in [-0.05, 0) is 12.6 Å². The fraction of sp³-hybridized carbons (Fsp3) is 0.250. The molecule has 0 amide bonds. The Labute approximate surface area is 104 Å². The van der Waals surface area contributed by atoms with Crippen LogP contribution in [0.25, 0.3) is 11.3 Å². The molecule has 0 fully saturated rings. The third kappa shape index (κ3) is 2.38. The van der Waals surface area contributed by atoms with Crippen molar-refractivity contribution in [2.45, 2.75) is 13.5 Å². The minimum atomic E-state index is -0.382. The van der Waals surface area contributed by atoms with Crippen LogP contribution in [0.15, 0.2) is 30.5 Å². The Balaban J connectivity index is 2.42. The standard InChI is InChI=1S/C12H14N4O2/c1-2-13-7-9-8-14-15-12(9)10-5-3-4-6-11(10)16(17)18/h3-6,8,13H,2,7H2,1H3,(H,14,15). The first-order valence-electron chi connectivity index (χ1n) is 5.70. The molecule has 94 valence electrons. The molecule has 0 saturated carbocycles. The minimum Gasteiger partial charge on any atom is -0.313 e. The Morgan fingerprint density at radius 2 is 2.22 bits per heavy atom. The van der Waals surface area contributed by atoms with Gasteiger partial charge in [-0.3, -0.25) is 15.2 Å². The topological polar surface area (TPSA) is 83.8 Å². The van der Waals surface area contributed by atoms with Crippen LogP contribution in [0.3, 0.4) is 0 Å². The van der Waals surface area contributed by atoms with Crippen LogP contribution in [0.4, 0.5) is 5.69 Å². The fourth-order valence-electron chi connectivity index (χ4n) is 1.78. The van der Waals surface area contributed by atoms with Crippen molar-refractivity contribution < 1.29 is 4.92 Å². The number of H-pyrrole nitrogens is 1. The molecular weight excluding hydrogens is 232 g/mol. The second-order valence-corrected chi connectivity index (χ2v) is 3.82. The van der Waals surface area contributed by atoms with Crippen molar-refractivity contribution in [1.29, 1.82) is 0 Å². The van der Waals surface area contributed by atoms with Gasteiger partial charge in [-0.25, -0.2) is 0 Å². The van der Waals surface area contributed by atoms with Gasteiger partial charge in [0.15, 0.2) is 0 Å². The van der Waals surface area contributed by atoms with Crippen molar-refractivity contribution in [3.05, 3.63) is 46.1 Å². The number of nitrogens with zero attached hydrogens (tertiary/aromatic N) is 2. The zero-order valence-corrected chi connectivity index (χ0v) is 10.0. The van der Waals surface area contributed by atoms with Crippen molar-refractivity contribution in [3.63, 3.8) is 0 Å².